The quantitative estimate of drug-likeness (QED) is 0.794. The molecule has 2 aromatic rings. The van der Waals surface area contributed by atoms with E-state index in [2.05, 4.69) is 21.8 Å². The number of nitrogen functional groups attached to an aromatic ring is 2. The normalized spacial score (nSPS) is 10.9. The van der Waals surface area contributed by atoms with Gasteiger partial charge in [-0.15, -0.1) is 0 Å². The summed E-state index contributed by atoms with van der Waals surface area (Å²) in [5.41, 5.74) is 13.2. The number of nitrogens with zero attached hydrogens (tertiary/aromatic N) is 2. The Bertz CT molecular complexity index is 718. The Hall–Kier alpha value is -2.25. The van der Waals surface area contributed by atoms with Gasteiger partial charge in [0.05, 0.1) is 16.7 Å². The van der Waals surface area contributed by atoms with E-state index in [1.54, 1.807) is 6.92 Å². The van der Waals surface area contributed by atoms with E-state index in [0.717, 1.165) is 5.56 Å². The second kappa shape index (κ2) is 5.63. The molecule has 2 rings (SSSR count). The van der Waals surface area contributed by atoms with Crippen molar-refractivity contribution >= 4 is 23.4 Å². The largest absolute Gasteiger partial charge is 0.382 e. The van der Waals surface area contributed by atoms with E-state index in [1.165, 1.54) is 0 Å². The van der Waals surface area contributed by atoms with Gasteiger partial charge in [-0.2, -0.15) is 4.98 Å². The molecular formula is C16H17ClN4. The third-order valence-electron chi connectivity index (χ3n) is 3.18. The molecule has 1 heterocycles. The first-order valence-corrected chi connectivity index (χ1v) is 6.87. The van der Waals surface area contributed by atoms with Crippen LogP contribution in [0.15, 0.2) is 24.3 Å². The predicted molar refractivity (Wildman–Crippen MR) is 86.9 cm³/mol. The van der Waals surface area contributed by atoms with Crippen LogP contribution in [0.5, 0.6) is 0 Å². The topological polar surface area (TPSA) is 77.8 Å². The molecular weight excluding hydrogens is 284 g/mol. The lowest BCUT2D eigenvalue weighted by Crippen LogP contribution is -2.15. The van der Waals surface area contributed by atoms with E-state index in [-0.39, 0.29) is 5.95 Å². The smallest absolute Gasteiger partial charge is 0.222 e. The van der Waals surface area contributed by atoms with Gasteiger partial charge in [0.25, 0.3) is 0 Å². The average Bonchev–Trinajstić information content (AvgIpc) is 2.37. The van der Waals surface area contributed by atoms with Gasteiger partial charge < -0.3 is 11.5 Å². The number of aromatic nitrogens is 2. The van der Waals surface area contributed by atoms with Crippen LogP contribution in [-0.2, 0) is 5.41 Å². The minimum Gasteiger partial charge on any atom is -0.382 e. The highest BCUT2D eigenvalue weighted by molar-refractivity contribution is 6.31. The lowest BCUT2D eigenvalue weighted by molar-refractivity contribution is 0.698. The van der Waals surface area contributed by atoms with Gasteiger partial charge in [-0.25, -0.2) is 4.98 Å². The molecule has 4 N–H and O–H groups in total. The molecule has 1 aromatic heterocycles. The molecule has 0 aliphatic heterocycles. The summed E-state index contributed by atoms with van der Waals surface area (Å²) in [6.45, 7) is 5.82. The minimum atomic E-state index is -0.418. The molecule has 108 valence electrons. The molecule has 0 bridgehead atoms. The zero-order valence-corrected chi connectivity index (χ0v) is 13.0. The highest BCUT2D eigenvalue weighted by Gasteiger charge is 2.20. The Morgan fingerprint density at radius 1 is 1.14 bits per heavy atom. The standard InChI is InChI=1S/C16H17ClN4/c1-10-11(14(18)21-15(19)20-10)8-9-16(2,3)12-6-4-5-7-13(12)17/h4-7H,1-3H3,(H4,18,19,20,21). The molecule has 1 aromatic carbocycles. The summed E-state index contributed by atoms with van der Waals surface area (Å²) in [5, 5.41) is 0.690. The second-order valence-corrected chi connectivity index (χ2v) is 5.69. The fourth-order valence-corrected chi connectivity index (χ4v) is 2.40. The number of nitrogens with two attached hydrogens (primary N) is 2. The Labute approximate surface area is 129 Å². The fourth-order valence-electron chi connectivity index (χ4n) is 2.03. The highest BCUT2D eigenvalue weighted by Crippen LogP contribution is 2.29. The van der Waals surface area contributed by atoms with E-state index in [4.69, 9.17) is 23.1 Å². The van der Waals surface area contributed by atoms with Gasteiger partial charge in [-0.1, -0.05) is 41.6 Å². The van der Waals surface area contributed by atoms with Gasteiger partial charge in [0.2, 0.25) is 5.95 Å². The molecule has 0 aliphatic rings. The lowest BCUT2D eigenvalue weighted by Gasteiger charge is -2.19. The second-order valence-electron chi connectivity index (χ2n) is 5.28. The summed E-state index contributed by atoms with van der Waals surface area (Å²) >= 11 is 6.24. The van der Waals surface area contributed by atoms with Crippen molar-refractivity contribution in [3.63, 3.8) is 0 Å². The lowest BCUT2D eigenvalue weighted by atomic mass is 9.85. The van der Waals surface area contributed by atoms with Gasteiger partial charge in [0.1, 0.15) is 5.82 Å². The van der Waals surface area contributed by atoms with Crippen LogP contribution in [0.25, 0.3) is 0 Å². The van der Waals surface area contributed by atoms with Crippen molar-refractivity contribution in [2.24, 2.45) is 0 Å². The molecule has 5 heteroatoms. The van der Waals surface area contributed by atoms with E-state index in [1.807, 2.05) is 38.1 Å². The van der Waals surface area contributed by atoms with Crippen molar-refractivity contribution < 1.29 is 0 Å². The summed E-state index contributed by atoms with van der Waals surface area (Å²) in [6, 6.07) is 7.65. The van der Waals surface area contributed by atoms with Crippen molar-refractivity contribution in [2.75, 3.05) is 11.5 Å². The maximum absolute atomic E-state index is 6.24. The highest BCUT2D eigenvalue weighted by atomic mass is 35.5. The number of anilines is 2. The van der Waals surface area contributed by atoms with Crippen LogP contribution in [0.4, 0.5) is 11.8 Å². The maximum atomic E-state index is 6.24. The van der Waals surface area contributed by atoms with Gasteiger partial charge in [0.15, 0.2) is 0 Å². The molecule has 21 heavy (non-hydrogen) atoms. The summed E-state index contributed by atoms with van der Waals surface area (Å²) in [4.78, 5) is 8.02. The predicted octanol–water partition coefficient (Wildman–Crippen LogP) is 2.93. The van der Waals surface area contributed by atoms with E-state index < -0.39 is 5.41 Å². The van der Waals surface area contributed by atoms with Gasteiger partial charge >= 0.3 is 0 Å². The van der Waals surface area contributed by atoms with E-state index in [0.29, 0.717) is 22.1 Å². The van der Waals surface area contributed by atoms with Crippen LogP contribution in [0.3, 0.4) is 0 Å². The third kappa shape index (κ3) is 3.26. The van der Waals surface area contributed by atoms with Crippen molar-refractivity contribution in [3.8, 4) is 11.8 Å². The summed E-state index contributed by atoms with van der Waals surface area (Å²) in [5.74, 6) is 6.71. The number of hydrogen-bond acceptors (Lipinski definition) is 4. The molecule has 0 atom stereocenters. The summed E-state index contributed by atoms with van der Waals surface area (Å²) in [6.07, 6.45) is 0. The molecule has 0 radical (unpaired) electrons. The number of benzene rings is 1. The van der Waals surface area contributed by atoms with Crippen molar-refractivity contribution in [2.45, 2.75) is 26.2 Å². The van der Waals surface area contributed by atoms with Crippen LogP contribution in [0, 0.1) is 18.8 Å². The van der Waals surface area contributed by atoms with Crippen LogP contribution >= 0.6 is 11.6 Å². The first-order valence-electron chi connectivity index (χ1n) is 6.49. The van der Waals surface area contributed by atoms with Gasteiger partial charge in [0, 0.05) is 5.02 Å². The van der Waals surface area contributed by atoms with Crippen LogP contribution in [-0.4, -0.2) is 9.97 Å². The van der Waals surface area contributed by atoms with E-state index >= 15 is 0 Å². The first-order chi connectivity index (χ1) is 9.81. The molecule has 0 fully saturated rings. The first kappa shape index (κ1) is 15.1. The van der Waals surface area contributed by atoms with Crippen LogP contribution < -0.4 is 11.5 Å². The van der Waals surface area contributed by atoms with Crippen LogP contribution in [0.2, 0.25) is 5.02 Å². The SMILES string of the molecule is Cc1nc(N)nc(N)c1C#CC(C)(C)c1ccccc1Cl. The van der Waals surface area contributed by atoms with Gasteiger partial charge in [-0.3, -0.25) is 0 Å². The Morgan fingerprint density at radius 2 is 1.81 bits per heavy atom. The molecule has 0 amide bonds. The zero-order valence-electron chi connectivity index (χ0n) is 12.2. The maximum Gasteiger partial charge on any atom is 0.222 e. The average molecular weight is 301 g/mol. The molecule has 0 spiro atoms. The third-order valence-corrected chi connectivity index (χ3v) is 3.51. The number of rotatable bonds is 1. The Morgan fingerprint density at radius 3 is 2.43 bits per heavy atom. The monoisotopic (exact) mass is 300 g/mol. The van der Waals surface area contributed by atoms with Gasteiger partial charge in [-0.05, 0) is 32.4 Å². The zero-order chi connectivity index (χ0) is 15.6. The molecule has 0 saturated carbocycles. The summed E-state index contributed by atoms with van der Waals surface area (Å²) in [7, 11) is 0. The molecule has 4 nitrogen and oxygen atoms in total. The molecule has 0 saturated heterocycles. The summed E-state index contributed by atoms with van der Waals surface area (Å²) < 4.78 is 0. The fraction of sp³-hybridized carbons (Fsp3) is 0.250. The Balaban J connectivity index is 2.46. The van der Waals surface area contributed by atoms with Crippen molar-refractivity contribution in [1.29, 1.82) is 0 Å². The number of aryl methyl sites for hydroxylation is 1. The minimum absolute atomic E-state index is 0.154. The van der Waals surface area contributed by atoms with Crippen molar-refractivity contribution in [1.82, 2.24) is 9.97 Å². The van der Waals surface area contributed by atoms with Crippen LogP contribution in [0.1, 0.15) is 30.7 Å². The number of halogens is 1. The number of hydrogen-bond donors (Lipinski definition) is 2. The Kier molecular flexibility index (Phi) is 4.06. The van der Waals surface area contributed by atoms with E-state index in [9.17, 15) is 0 Å². The molecule has 0 aliphatic carbocycles. The van der Waals surface area contributed by atoms with Crippen molar-refractivity contribution in [3.05, 3.63) is 46.1 Å². The molecule has 0 unspecified atom stereocenters.